The second-order valence-corrected chi connectivity index (χ2v) is 8.46. The van der Waals surface area contributed by atoms with Crippen LogP contribution in [0.2, 0.25) is 0 Å². The summed E-state index contributed by atoms with van der Waals surface area (Å²) in [5.74, 6) is 0. The van der Waals surface area contributed by atoms with Gasteiger partial charge in [0.05, 0.1) is 0 Å². The summed E-state index contributed by atoms with van der Waals surface area (Å²) in [6.07, 6.45) is 1.01. The van der Waals surface area contributed by atoms with E-state index in [4.69, 9.17) is 0 Å². The summed E-state index contributed by atoms with van der Waals surface area (Å²) >= 11 is 0.0970. The van der Waals surface area contributed by atoms with Crippen molar-refractivity contribution in [2.75, 3.05) is 0 Å². The van der Waals surface area contributed by atoms with Gasteiger partial charge in [0.1, 0.15) is 0 Å². The summed E-state index contributed by atoms with van der Waals surface area (Å²) in [4.78, 5) is 11.8. The Morgan fingerprint density at radius 2 is 1.40 bits per heavy atom. The van der Waals surface area contributed by atoms with E-state index >= 15 is 0 Å². The zero-order valence-corrected chi connectivity index (χ0v) is 15.1. The predicted octanol–water partition coefficient (Wildman–Crippen LogP) is 4.05. The third-order valence-electron chi connectivity index (χ3n) is 4.72. The third-order valence-corrected chi connectivity index (χ3v) is 7.17. The predicted molar refractivity (Wildman–Crippen MR) is 107 cm³/mol. The van der Waals surface area contributed by atoms with Crippen LogP contribution in [0.5, 0.6) is 0 Å². The molecule has 1 nitrogen and oxygen atoms in total. The van der Waals surface area contributed by atoms with Crippen molar-refractivity contribution in [1.29, 1.82) is 0 Å². The molecule has 0 saturated carbocycles. The SMILES string of the molecule is O=Cc1cc2ccc3cccc4ccc(c1[Se]c1ccccc1)c2c34. The van der Waals surface area contributed by atoms with Gasteiger partial charge < -0.3 is 0 Å². The zero-order chi connectivity index (χ0) is 16.8. The first-order valence-corrected chi connectivity index (χ1v) is 9.95. The van der Waals surface area contributed by atoms with Gasteiger partial charge in [0, 0.05) is 0 Å². The van der Waals surface area contributed by atoms with Gasteiger partial charge in [0.15, 0.2) is 0 Å². The van der Waals surface area contributed by atoms with Crippen molar-refractivity contribution < 1.29 is 4.79 Å². The first-order valence-electron chi connectivity index (χ1n) is 8.24. The molecule has 2 heteroatoms. The quantitative estimate of drug-likeness (QED) is 0.260. The minimum absolute atomic E-state index is 0.0970. The maximum atomic E-state index is 11.8. The Balaban J connectivity index is 1.90. The Hall–Kier alpha value is -2.67. The number of hydrogen-bond acceptors (Lipinski definition) is 1. The van der Waals surface area contributed by atoms with E-state index in [1.807, 2.05) is 6.07 Å². The van der Waals surface area contributed by atoms with E-state index in [0.717, 1.165) is 17.2 Å². The van der Waals surface area contributed by atoms with Crippen molar-refractivity contribution in [2.45, 2.75) is 0 Å². The molecule has 0 fully saturated rings. The molecule has 5 rings (SSSR count). The molecular weight excluding hydrogens is 371 g/mol. The molecule has 118 valence electrons. The molecular formula is C23H14OSe. The number of carbonyl (C=O) groups is 1. The molecule has 0 aromatic heterocycles. The molecule has 0 aliphatic heterocycles. The molecule has 0 aliphatic rings. The Morgan fingerprint density at radius 3 is 2.16 bits per heavy atom. The monoisotopic (exact) mass is 386 g/mol. The van der Waals surface area contributed by atoms with E-state index in [0.29, 0.717) is 0 Å². The Labute approximate surface area is 151 Å². The third kappa shape index (κ3) is 2.26. The van der Waals surface area contributed by atoms with Gasteiger partial charge in [-0.1, -0.05) is 0 Å². The van der Waals surface area contributed by atoms with Gasteiger partial charge in [-0.3, -0.25) is 0 Å². The molecule has 0 N–H and O–H groups in total. The minimum atomic E-state index is 0.0970. The fraction of sp³-hybridized carbons (Fsp3) is 0. The van der Waals surface area contributed by atoms with Crippen LogP contribution in [0.25, 0.3) is 32.3 Å². The molecule has 0 unspecified atom stereocenters. The van der Waals surface area contributed by atoms with Crippen LogP contribution in [-0.4, -0.2) is 21.2 Å². The van der Waals surface area contributed by atoms with Gasteiger partial charge in [-0.05, 0) is 0 Å². The van der Waals surface area contributed by atoms with Gasteiger partial charge >= 0.3 is 152 Å². The van der Waals surface area contributed by atoms with E-state index in [9.17, 15) is 4.79 Å². The van der Waals surface area contributed by atoms with Crippen LogP contribution in [0.1, 0.15) is 10.4 Å². The van der Waals surface area contributed by atoms with Crippen LogP contribution in [0, 0.1) is 0 Å². The first-order chi connectivity index (χ1) is 12.3. The van der Waals surface area contributed by atoms with Crippen molar-refractivity contribution in [3.05, 3.63) is 84.4 Å². The summed E-state index contributed by atoms with van der Waals surface area (Å²) < 4.78 is 2.47. The van der Waals surface area contributed by atoms with Gasteiger partial charge in [0.2, 0.25) is 0 Å². The average Bonchev–Trinajstić information content (AvgIpc) is 2.67. The molecule has 25 heavy (non-hydrogen) atoms. The van der Waals surface area contributed by atoms with Crippen LogP contribution in [-0.2, 0) is 0 Å². The van der Waals surface area contributed by atoms with Gasteiger partial charge in [-0.15, -0.1) is 0 Å². The number of hydrogen-bond donors (Lipinski definition) is 0. The van der Waals surface area contributed by atoms with E-state index in [-0.39, 0.29) is 15.0 Å². The van der Waals surface area contributed by atoms with E-state index in [2.05, 4.69) is 72.8 Å². The standard InChI is InChI=1S/C23H14OSe/c24-14-18-13-17-10-9-15-5-4-6-16-11-12-20(22(17)21(15)16)23(18)25-19-7-2-1-3-8-19/h1-14H. The van der Waals surface area contributed by atoms with Crippen LogP contribution in [0.3, 0.4) is 0 Å². The normalized spacial score (nSPS) is 11.5. The zero-order valence-electron chi connectivity index (χ0n) is 13.4. The van der Waals surface area contributed by atoms with Gasteiger partial charge in [-0.25, -0.2) is 0 Å². The summed E-state index contributed by atoms with van der Waals surface area (Å²) in [6.45, 7) is 0. The summed E-state index contributed by atoms with van der Waals surface area (Å²) in [6, 6.07) is 27.6. The van der Waals surface area contributed by atoms with Crippen molar-refractivity contribution in [2.24, 2.45) is 0 Å². The maximum absolute atomic E-state index is 11.8. The fourth-order valence-electron chi connectivity index (χ4n) is 3.61. The average molecular weight is 385 g/mol. The van der Waals surface area contributed by atoms with Crippen molar-refractivity contribution in [3.8, 4) is 0 Å². The summed E-state index contributed by atoms with van der Waals surface area (Å²) in [7, 11) is 0. The van der Waals surface area contributed by atoms with Crippen LogP contribution in [0.4, 0.5) is 0 Å². The number of benzene rings is 5. The number of carbonyl (C=O) groups excluding carboxylic acids is 1. The van der Waals surface area contributed by atoms with Crippen LogP contribution in [0.15, 0.2) is 78.9 Å². The summed E-state index contributed by atoms with van der Waals surface area (Å²) in [5.41, 5.74) is 0.815. The Morgan fingerprint density at radius 1 is 0.680 bits per heavy atom. The topological polar surface area (TPSA) is 17.1 Å². The summed E-state index contributed by atoms with van der Waals surface area (Å²) in [5, 5.41) is 7.47. The van der Waals surface area contributed by atoms with Gasteiger partial charge in [0.25, 0.3) is 0 Å². The molecule has 0 radical (unpaired) electrons. The Kier molecular flexibility index (Phi) is 3.34. The first kappa shape index (κ1) is 14.7. The van der Waals surface area contributed by atoms with Crippen molar-refractivity contribution in [3.63, 3.8) is 0 Å². The second kappa shape index (κ2) is 5.70. The molecule has 0 heterocycles. The van der Waals surface area contributed by atoms with Crippen molar-refractivity contribution in [1.82, 2.24) is 0 Å². The molecule has 0 spiro atoms. The molecule has 5 aromatic rings. The molecule has 0 amide bonds. The second-order valence-electron chi connectivity index (χ2n) is 6.18. The van der Waals surface area contributed by atoms with E-state index in [1.165, 1.54) is 35.9 Å². The van der Waals surface area contributed by atoms with E-state index in [1.54, 1.807) is 0 Å². The number of rotatable bonds is 3. The molecule has 0 atom stereocenters. The van der Waals surface area contributed by atoms with Gasteiger partial charge in [-0.2, -0.15) is 0 Å². The molecule has 5 aromatic carbocycles. The van der Waals surface area contributed by atoms with Crippen LogP contribution >= 0.6 is 0 Å². The number of aldehydes is 1. The van der Waals surface area contributed by atoms with Crippen LogP contribution < -0.4 is 8.92 Å². The van der Waals surface area contributed by atoms with E-state index < -0.39 is 0 Å². The fourth-order valence-corrected chi connectivity index (χ4v) is 5.78. The molecule has 0 bridgehead atoms. The molecule has 0 aliphatic carbocycles. The van der Waals surface area contributed by atoms with Crippen molar-refractivity contribution >= 4 is 62.5 Å². The Bertz CT molecular complexity index is 1210. The molecule has 0 saturated heterocycles.